The van der Waals surface area contributed by atoms with Crippen LogP contribution in [0.15, 0.2) is 34.1 Å². The molecule has 0 spiro atoms. The van der Waals surface area contributed by atoms with Crippen molar-refractivity contribution in [3.63, 3.8) is 0 Å². The van der Waals surface area contributed by atoms with Crippen molar-refractivity contribution in [2.24, 2.45) is 5.92 Å². The second-order valence-electron chi connectivity index (χ2n) is 11.9. The van der Waals surface area contributed by atoms with Crippen LogP contribution in [0.1, 0.15) is 46.6 Å². The molecule has 2 aliphatic heterocycles. The molecule has 2 aromatic heterocycles. The lowest BCUT2D eigenvalue weighted by atomic mass is 9.93. The SMILES string of the molecule is COC1C(CC(=O)NC[C@H]2O[C@@H](n3ccc(N)nc3=O)C(OC)C2OP(=O)(O)OC(C)C)[C@@H](COC(C)C)O[C@H]1n1ccc(N)nc1=O. The number of hydrogen-bond acceptors (Lipinski definition) is 15. The zero-order chi connectivity index (χ0) is 35.3. The molecule has 1 amide bonds. The van der Waals surface area contributed by atoms with E-state index < -0.39 is 80.1 Å². The highest BCUT2D eigenvalue weighted by atomic mass is 31.2. The molecule has 0 radical (unpaired) electrons. The van der Waals surface area contributed by atoms with Gasteiger partial charge in [0.2, 0.25) is 5.91 Å². The van der Waals surface area contributed by atoms with Crippen LogP contribution in [-0.2, 0) is 42.1 Å². The third kappa shape index (κ3) is 9.04. The Balaban J connectivity index is 1.55. The molecule has 6 N–H and O–H groups in total. The van der Waals surface area contributed by atoms with E-state index in [1.807, 2.05) is 13.8 Å². The van der Waals surface area contributed by atoms with Gasteiger partial charge in [-0.15, -0.1) is 0 Å². The molecule has 9 atom stereocenters. The summed E-state index contributed by atoms with van der Waals surface area (Å²) in [5.41, 5.74) is 9.88. The molecular formula is C28H44N7O12P. The van der Waals surface area contributed by atoms with Gasteiger partial charge in [-0.2, -0.15) is 9.97 Å². The molecule has 48 heavy (non-hydrogen) atoms. The molecule has 0 aromatic carbocycles. The molecule has 0 bridgehead atoms. The molecular weight excluding hydrogens is 657 g/mol. The number of hydrogen-bond donors (Lipinski definition) is 4. The van der Waals surface area contributed by atoms with Crippen LogP contribution in [0.4, 0.5) is 11.6 Å². The van der Waals surface area contributed by atoms with Crippen molar-refractivity contribution in [2.75, 3.05) is 38.8 Å². The van der Waals surface area contributed by atoms with Crippen molar-refractivity contribution in [3.05, 3.63) is 45.5 Å². The van der Waals surface area contributed by atoms with Gasteiger partial charge in [0.15, 0.2) is 12.5 Å². The minimum Gasteiger partial charge on any atom is -0.383 e. The maximum atomic E-state index is 13.5. The molecule has 268 valence electrons. The van der Waals surface area contributed by atoms with Crippen molar-refractivity contribution < 1.29 is 47.0 Å². The number of carbonyl (C=O) groups is 1. The van der Waals surface area contributed by atoms with E-state index in [-0.39, 0.29) is 37.3 Å². The summed E-state index contributed by atoms with van der Waals surface area (Å²) in [6, 6.07) is 2.82. The van der Waals surface area contributed by atoms with Gasteiger partial charge in [0.25, 0.3) is 0 Å². The first-order valence-electron chi connectivity index (χ1n) is 15.3. The Hall–Kier alpha value is -3.26. The number of anilines is 2. The molecule has 0 aliphatic carbocycles. The minimum atomic E-state index is -4.66. The van der Waals surface area contributed by atoms with Crippen LogP contribution >= 0.6 is 7.82 Å². The fourth-order valence-corrected chi connectivity index (χ4v) is 6.80. The number of nitrogens with zero attached hydrogens (tertiary/aromatic N) is 4. The van der Waals surface area contributed by atoms with E-state index in [0.717, 1.165) is 4.57 Å². The molecule has 20 heteroatoms. The zero-order valence-corrected chi connectivity index (χ0v) is 28.4. The number of phosphoric acid groups is 1. The molecule has 2 aromatic rings. The second-order valence-corrected chi connectivity index (χ2v) is 13.2. The van der Waals surface area contributed by atoms with Gasteiger partial charge < -0.3 is 45.4 Å². The Labute approximate surface area is 276 Å². The highest BCUT2D eigenvalue weighted by molar-refractivity contribution is 7.47. The first-order chi connectivity index (χ1) is 22.6. The first-order valence-corrected chi connectivity index (χ1v) is 16.8. The van der Waals surface area contributed by atoms with Crippen LogP contribution < -0.4 is 28.2 Å². The van der Waals surface area contributed by atoms with Crippen LogP contribution in [0.3, 0.4) is 0 Å². The number of carbonyl (C=O) groups excluding carboxylic acids is 1. The smallest absolute Gasteiger partial charge is 0.383 e. The Morgan fingerprint density at radius 2 is 1.48 bits per heavy atom. The van der Waals surface area contributed by atoms with E-state index in [2.05, 4.69) is 15.3 Å². The fourth-order valence-electron chi connectivity index (χ4n) is 5.65. The van der Waals surface area contributed by atoms with E-state index >= 15 is 0 Å². The lowest BCUT2D eigenvalue weighted by molar-refractivity contribution is -0.124. The average Bonchev–Trinajstić information content (AvgIpc) is 3.50. The normalized spacial score (nSPS) is 28.6. The summed E-state index contributed by atoms with van der Waals surface area (Å²) in [5.74, 6) is -1.04. The number of nitrogen functional groups attached to an aromatic ring is 2. The van der Waals surface area contributed by atoms with Crippen LogP contribution in [0.5, 0.6) is 0 Å². The number of aromatic nitrogens is 4. The number of amides is 1. The zero-order valence-electron chi connectivity index (χ0n) is 27.5. The highest BCUT2D eigenvalue weighted by Gasteiger charge is 2.51. The molecule has 4 rings (SSSR count). The maximum absolute atomic E-state index is 13.5. The van der Waals surface area contributed by atoms with Gasteiger partial charge in [0.05, 0.1) is 24.9 Å². The number of ether oxygens (including phenoxy) is 5. The average molecular weight is 702 g/mol. The maximum Gasteiger partial charge on any atom is 0.472 e. The molecule has 2 aliphatic rings. The standard InChI is InChI=1S/C28H44N7O12P/c1-14(2)43-13-18-16(22(41-5)25(45-18)34-9-7-19(29)32-27(34)37)11-21(36)31-12-17-23(47-48(39,40)46-15(3)4)24(42-6)26(44-17)35-10-8-20(30)33-28(35)38/h7-10,14-18,22-26H,11-13H2,1-6H3,(H,31,36)(H,39,40)(H2,29,32,37)(H2,30,33,38)/t16?,17-,18-,22?,23?,24?,25-,26-/m1/s1. The molecule has 5 unspecified atom stereocenters. The van der Waals surface area contributed by atoms with E-state index in [0.29, 0.717) is 0 Å². The minimum absolute atomic E-state index is 0.0212. The van der Waals surface area contributed by atoms with Gasteiger partial charge in [-0.25, -0.2) is 14.2 Å². The molecule has 4 heterocycles. The number of nitrogens with two attached hydrogens (primary N) is 2. The summed E-state index contributed by atoms with van der Waals surface area (Å²) in [7, 11) is -1.91. The predicted molar refractivity (Wildman–Crippen MR) is 168 cm³/mol. The van der Waals surface area contributed by atoms with Gasteiger partial charge in [-0.1, -0.05) is 0 Å². The third-order valence-corrected chi connectivity index (χ3v) is 8.89. The number of rotatable bonds is 15. The third-order valence-electron chi connectivity index (χ3n) is 7.69. The summed E-state index contributed by atoms with van der Waals surface area (Å²) in [6.07, 6.45) is -5.20. The van der Waals surface area contributed by atoms with Gasteiger partial charge in [-0.05, 0) is 39.8 Å². The molecule has 19 nitrogen and oxygen atoms in total. The van der Waals surface area contributed by atoms with Crippen molar-refractivity contribution >= 4 is 25.4 Å². The number of methoxy groups -OCH3 is 2. The van der Waals surface area contributed by atoms with Gasteiger partial charge in [0, 0.05) is 45.5 Å². The van der Waals surface area contributed by atoms with E-state index in [4.69, 9.17) is 44.2 Å². The Kier molecular flexibility index (Phi) is 12.5. The summed E-state index contributed by atoms with van der Waals surface area (Å²) in [5, 5.41) is 2.77. The van der Waals surface area contributed by atoms with E-state index in [9.17, 15) is 23.8 Å². The molecule has 2 fully saturated rings. The largest absolute Gasteiger partial charge is 0.472 e. The lowest BCUT2D eigenvalue weighted by Gasteiger charge is -2.26. The summed E-state index contributed by atoms with van der Waals surface area (Å²) in [4.78, 5) is 56.8. The summed E-state index contributed by atoms with van der Waals surface area (Å²) < 4.78 is 55.2. The Bertz CT molecular complexity index is 1570. The molecule has 0 saturated carbocycles. The van der Waals surface area contributed by atoms with Crippen molar-refractivity contribution in [1.29, 1.82) is 0 Å². The topological polar surface area (TPSA) is 253 Å². The summed E-state index contributed by atoms with van der Waals surface area (Å²) >= 11 is 0. The lowest BCUT2D eigenvalue weighted by Crippen LogP contribution is -2.43. The monoisotopic (exact) mass is 701 g/mol. The van der Waals surface area contributed by atoms with Crippen molar-refractivity contribution in [2.45, 2.75) is 89.3 Å². The Morgan fingerprint density at radius 3 is 1.98 bits per heavy atom. The summed E-state index contributed by atoms with van der Waals surface area (Å²) in [6.45, 7) is 6.67. The van der Waals surface area contributed by atoms with Gasteiger partial charge in [-0.3, -0.25) is 23.0 Å². The van der Waals surface area contributed by atoms with Crippen molar-refractivity contribution in [3.8, 4) is 0 Å². The van der Waals surface area contributed by atoms with Crippen LogP contribution in [0, 0.1) is 5.92 Å². The number of nitrogens with one attached hydrogen (secondary N) is 1. The quantitative estimate of drug-likeness (QED) is 0.178. The molecule has 2 saturated heterocycles. The van der Waals surface area contributed by atoms with Crippen molar-refractivity contribution in [1.82, 2.24) is 24.4 Å². The van der Waals surface area contributed by atoms with Gasteiger partial charge >= 0.3 is 19.2 Å². The Morgan fingerprint density at radius 1 is 0.938 bits per heavy atom. The predicted octanol–water partition coefficient (Wildman–Crippen LogP) is -0.0525. The van der Waals surface area contributed by atoms with E-state index in [1.165, 1.54) is 43.3 Å². The van der Waals surface area contributed by atoms with E-state index in [1.54, 1.807) is 13.8 Å². The number of phosphoric ester groups is 1. The van der Waals surface area contributed by atoms with Crippen LogP contribution in [0.2, 0.25) is 0 Å². The van der Waals surface area contributed by atoms with Crippen LogP contribution in [-0.4, -0.2) is 100 Å². The highest BCUT2D eigenvalue weighted by Crippen LogP contribution is 2.49. The fraction of sp³-hybridized carbons (Fsp3) is 0.679. The first kappa shape index (κ1) is 37.6. The second kappa shape index (κ2) is 16.0. The van der Waals surface area contributed by atoms with Gasteiger partial charge in [0.1, 0.15) is 36.1 Å². The van der Waals surface area contributed by atoms with Crippen LogP contribution in [0.25, 0.3) is 0 Å².